The van der Waals surface area contributed by atoms with E-state index in [1.54, 1.807) is 37.3 Å². The van der Waals surface area contributed by atoms with Crippen LogP contribution in [0, 0.1) is 0 Å². The van der Waals surface area contributed by atoms with Gasteiger partial charge in [-0.1, -0.05) is 48.2 Å². The molecule has 4 rings (SSSR count). The number of hydrogen-bond acceptors (Lipinski definition) is 6. The van der Waals surface area contributed by atoms with Crippen LogP contribution >= 0.6 is 15.9 Å². The van der Waals surface area contributed by atoms with Gasteiger partial charge < -0.3 is 23.5 Å². The van der Waals surface area contributed by atoms with Crippen LogP contribution in [0.5, 0.6) is 11.5 Å². The maximum atomic E-state index is 13.7. The largest absolute Gasteiger partial charge is 0.493 e. The van der Waals surface area contributed by atoms with Gasteiger partial charge in [0, 0.05) is 24.7 Å². The van der Waals surface area contributed by atoms with Crippen LogP contribution in [0.25, 0.3) is 11.0 Å². The van der Waals surface area contributed by atoms with Crippen LogP contribution in [-0.2, 0) is 4.74 Å². The molecule has 0 aliphatic carbocycles. The number of carbonyl (C=O) groups excluding carboxylic acids is 1. The van der Waals surface area contributed by atoms with Crippen molar-refractivity contribution in [2.75, 3.05) is 34.0 Å². The molecule has 1 aromatic heterocycles. The standard InChI is InChI=1S/C28H32BrNO6/c1-4-5-6-7-15-35-22-11-9-18(16-23(22)34-3)25-24-26(31)20-17-19(29)10-12-21(20)36-27(24)28(32)30(25)13-8-14-33-2/h9-12,16-17,25H,4-8,13-15H2,1-3H3. The molecule has 2 heterocycles. The number of carbonyl (C=O) groups is 1. The van der Waals surface area contributed by atoms with Crippen molar-refractivity contribution in [2.24, 2.45) is 0 Å². The Hall–Kier alpha value is -2.84. The van der Waals surface area contributed by atoms with Crippen LogP contribution in [0.1, 0.15) is 66.8 Å². The van der Waals surface area contributed by atoms with Crippen molar-refractivity contribution in [2.45, 2.75) is 45.1 Å². The summed E-state index contributed by atoms with van der Waals surface area (Å²) >= 11 is 3.43. The molecule has 8 heteroatoms. The highest BCUT2D eigenvalue weighted by Gasteiger charge is 2.42. The minimum Gasteiger partial charge on any atom is -0.493 e. The third-order valence-electron chi connectivity index (χ3n) is 6.43. The van der Waals surface area contributed by atoms with E-state index in [2.05, 4.69) is 22.9 Å². The van der Waals surface area contributed by atoms with Gasteiger partial charge in [-0.3, -0.25) is 9.59 Å². The molecule has 36 heavy (non-hydrogen) atoms. The first kappa shape index (κ1) is 26.2. The van der Waals surface area contributed by atoms with E-state index in [1.807, 2.05) is 18.2 Å². The monoisotopic (exact) mass is 557 g/mol. The molecule has 0 bridgehead atoms. The van der Waals surface area contributed by atoms with Crippen molar-refractivity contribution in [3.63, 3.8) is 0 Å². The SMILES string of the molecule is CCCCCCOc1ccc(C2c3c(oc4ccc(Br)cc4c3=O)C(=O)N2CCCOC)cc1OC. The number of fused-ring (bicyclic) bond motifs is 2. The van der Waals surface area contributed by atoms with Gasteiger partial charge in [0.15, 0.2) is 16.9 Å². The van der Waals surface area contributed by atoms with Crippen molar-refractivity contribution in [3.05, 3.63) is 68.0 Å². The van der Waals surface area contributed by atoms with Crippen LogP contribution in [0.4, 0.5) is 0 Å². The summed E-state index contributed by atoms with van der Waals surface area (Å²) in [6, 6.07) is 10.2. The van der Waals surface area contributed by atoms with Gasteiger partial charge >= 0.3 is 0 Å². The van der Waals surface area contributed by atoms with E-state index in [9.17, 15) is 9.59 Å². The summed E-state index contributed by atoms with van der Waals surface area (Å²) in [4.78, 5) is 28.8. The molecule has 0 saturated carbocycles. The normalized spacial score (nSPS) is 14.9. The third kappa shape index (κ3) is 5.30. The number of amides is 1. The Morgan fingerprint density at radius 3 is 2.56 bits per heavy atom. The minimum atomic E-state index is -0.600. The van der Waals surface area contributed by atoms with Gasteiger partial charge in [-0.05, 0) is 48.7 Å². The third-order valence-corrected chi connectivity index (χ3v) is 6.93. The van der Waals surface area contributed by atoms with Crippen LogP contribution in [0.15, 0.2) is 50.1 Å². The molecule has 0 radical (unpaired) electrons. The number of benzene rings is 2. The molecule has 1 aliphatic rings. The second kappa shape index (κ2) is 11.9. The Morgan fingerprint density at radius 1 is 0.972 bits per heavy atom. The van der Waals surface area contributed by atoms with E-state index < -0.39 is 6.04 Å². The Bertz CT molecular complexity index is 1290. The number of hydrogen-bond donors (Lipinski definition) is 0. The van der Waals surface area contributed by atoms with Gasteiger partial charge in [-0.15, -0.1) is 0 Å². The van der Waals surface area contributed by atoms with Gasteiger partial charge in [0.1, 0.15) is 5.58 Å². The second-order valence-electron chi connectivity index (χ2n) is 8.88. The van der Waals surface area contributed by atoms with Gasteiger partial charge in [-0.2, -0.15) is 0 Å². The topological polar surface area (TPSA) is 78.2 Å². The molecule has 1 amide bonds. The highest BCUT2D eigenvalue weighted by molar-refractivity contribution is 9.10. The molecule has 1 unspecified atom stereocenters. The Labute approximate surface area is 219 Å². The summed E-state index contributed by atoms with van der Waals surface area (Å²) in [5.74, 6) is 0.993. The molecule has 1 aliphatic heterocycles. The molecule has 0 N–H and O–H groups in total. The molecular formula is C28H32BrNO6. The van der Waals surface area contributed by atoms with Crippen molar-refractivity contribution < 1.29 is 23.4 Å². The zero-order valence-corrected chi connectivity index (χ0v) is 22.6. The van der Waals surface area contributed by atoms with E-state index >= 15 is 0 Å². The average molecular weight is 558 g/mol. The Kier molecular flexibility index (Phi) is 8.69. The zero-order valence-electron chi connectivity index (χ0n) is 21.0. The lowest BCUT2D eigenvalue weighted by atomic mass is 9.98. The van der Waals surface area contributed by atoms with Crippen molar-refractivity contribution >= 4 is 32.8 Å². The van der Waals surface area contributed by atoms with Crippen molar-refractivity contribution in [3.8, 4) is 11.5 Å². The fourth-order valence-electron chi connectivity index (χ4n) is 4.63. The first-order chi connectivity index (χ1) is 17.5. The Balaban J connectivity index is 1.75. The highest BCUT2D eigenvalue weighted by Crippen LogP contribution is 2.41. The summed E-state index contributed by atoms with van der Waals surface area (Å²) in [6.07, 6.45) is 5.07. The first-order valence-electron chi connectivity index (χ1n) is 12.4. The Morgan fingerprint density at radius 2 is 1.81 bits per heavy atom. The van der Waals surface area contributed by atoms with E-state index in [0.29, 0.717) is 54.2 Å². The molecule has 3 aromatic rings. The fourth-order valence-corrected chi connectivity index (χ4v) is 4.99. The number of unbranched alkanes of at least 4 members (excludes halogenated alkanes) is 3. The number of rotatable bonds is 12. The zero-order chi connectivity index (χ0) is 25.7. The number of ether oxygens (including phenoxy) is 3. The molecular weight excluding hydrogens is 526 g/mol. The van der Waals surface area contributed by atoms with Crippen molar-refractivity contribution in [1.82, 2.24) is 4.90 Å². The predicted molar refractivity (Wildman–Crippen MR) is 142 cm³/mol. The van der Waals surface area contributed by atoms with Crippen LogP contribution in [0.2, 0.25) is 0 Å². The lowest BCUT2D eigenvalue weighted by molar-refractivity contribution is 0.0707. The van der Waals surface area contributed by atoms with Crippen LogP contribution < -0.4 is 14.9 Å². The summed E-state index contributed by atoms with van der Waals surface area (Å²) in [7, 11) is 3.21. The lowest BCUT2D eigenvalue weighted by Gasteiger charge is -2.25. The minimum absolute atomic E-state index is 0.0902. The molecule has 0 fully saturated rings. The smallest absolute Gasteiger partial charge is 0.290 e. The molecule has 192 valence electrons. The average Bonchev–Trinajstić information content (AvgIpc) is 3.16. The molecule has 1 atom stereocenters. The van der Waals surface area contributed by atoms with E-state index in [-0.39, 0.29) is 17.1 Å². The lowest BCUT2D eigenvalue weighted by Crippen LogP contribution is -2.31. The summed E-state index contributed by atoms with van der Waals surface area (Å²) in [5, 5.41) is 0.429. The second-order valence-corrected chi connectivity index (χ2v) is 9.80. The number of halogens is 1. The highest BCUT2D eigenvalue weighted by atomic mass is 79.9. The van der Waals surface area contributed by atoms with Crippen LogP contribution in [0.3, 0.4) is 0 Å². The number of nitrogens with zero attached hydrogens (tertiary/aromatic N) is 1. The van der Waals surface area contributed by atoms with E-state index in [4.69, 9.17) is 18.6 Å². The quantitative estimate of drug-likeness (QED) is 0.250. The van der Waals surface area contributed by atoms with E-state index in [0.717, 1.165) is 22.9 Å². The van der Waals surface area contributed by atoms with Gasteiger partial charge in [-0.25, -0.2) is 0 Å². The molecule has 0 saturated heterocycles. The fraction of sp³-hybridized carbons (Fsp3) is 0.429. The van der Waals surface area contributed by atoms with E-state index in [1.165, 1.54) is 12.8 Å². The van der Waals surface area contributed by atoms with Gasteiger partial charge in [0.2, 0.25) is 5.76 Å². The summed E-state index contributed by atoms with van der Waals surface area (Å²) in [6.45, 7) is 3.69. The van der Waals surface area contributed by atoms with Gasteiger partial charge in [0.05, 0.1) is 30.7 Å². The molecule has 2 aromatic carbocycles. The number of methoxy groups -OCH3 is 2. The first-order valence-corrected chi connectivity index (χ1v) is 13.2. The predicted octanol–water partition coefficient (Wildman–Crippen LogP) is 6.10. The maximum Gasteiger partial charge on any atom is 0.290 e. The maximum absolute atomic E-state index is 13.7. The molecule has 7 nitrogen and oxygen atoms in total. The van der Waals surface area contributed by atoms with Crippen LogP contribution in [-0.4, -0.2) is 44.8 Å². The molecule has 0 spiro atoms. The summed E-state index contributed by atoms with van der Waals surface area (Å²) in [5.41, 5.74) is 1.28. The van der Waals surface area contributed by atoms with Crippen molar-refractivity contribution in [1.29, 1.82) is 0 Å². The van der Waals surface area contributed by atoms with Gasteiger partial charge in [0.25, 0.3) is 5.91 Å². The summed E-state index contributed by atoms with van der Waals surface area (Å²) < 4.78 is 23.6.